The zero-order chi connectivity index (χ0) is 11.9. The number of allylic oxidation sites excluding steroid dienone is 1. The molecular weight excluding hydrogens is 196 g/mol. The lowest BCUT2D eigenvalue weighted by Gasteiger charge is -2.01. The zero-order valence-corrected chi connectivity index (χ0v) is 11.1. The van der Waals surface area contributed by atoms with E-state index in [1.807, 2.05) is 6.08 Å². The maximum Gasteiger partial charge on any atom is 0.0612 e. The molecule has 0 saturated carbocycles. The summed E-state index contributed by atoms with van der Waals surface area (Å²) in [4.78, 5) is 0. The Labute approximate surface area is 102 Å². The first-order chi connectivity index (χ1) is 7.91. The molecule has 0 aromatic heterocycles. The normalized spacial score (nSPS) is 11.4. The Kier molecular flexibility index (Phi) is 14.4. The van der Waals surface area contributed by atoms with Crippen molar-refractivity contribution < 1.29 is 5.11 Å². The Balaban J connectivity index is 2.90. The van der Waals surface area contributed by atoms with E-state index in [1.165, 1.54) is 64.2 Å². The van der Waals surface area contributed by atoms with Crippen LogP contribution >= 0.6 is 0 Å². The molecule has 1 nitrogen and oxygen atoms in total. The molecule has 0 amide bonds. The van der Waals surface area contributed by atoms with Gasteiger partial charge in [-0.25, -0.2) is 0 Å². The monoisotopic (exact) mass is 226 g/mol. The molecule has 0 aromatic carbocycles. The molecule has 0 bridgehead atoms. The van der Waals surface area contributed by atoms with E-state index in [4.69, 9.17) is 5.11 Å². The van der Waals surface area contributed by atoms with Crippen LogP contribution in [-0.2, 0) is 0 Å². The van der Waals surface area contributed by atoms with Gasteiger partial charge in [0.2, 0.25) is 0 Å². The third-order valence-electron chi connectivity index (χ3n) is 3.00. The van der Waals surface area contributed by atoms with Crippen molar-refractivity contribution >= 4 is 0 Å². The minimum Gasteiger partial charge on any atom is -0.392 e. The fourth-order valence-corrected chi connectivity index (χ4v) is 1.94. The number of hydrogen-bond acceptors (Lipinski definition) is 1. The van der Waals surface area contributed by atoms with Gasteiger partial charge in [0.05, 0.1) is 6.61 Å². The largest absolute Gasteiger partial charge is 0.392 e. The van der Waals surface area contributed by atoms with Crippen LogP contribution < -0.4 is 0 Å². The van der Waals surface area contributed by atoms with Crippen molar-refractivity contribution in [2.45, 2.75) is 77.6 Å². The van der Waals surface area contributed by atoms with Gasteiger partial charge in [-0.3, -0.25) is 0 Å². The van der Waals surface area contributed by atoms with Crippen LogP contribution in [0.15, 0.2) is 12.2 Å². The summed E-state index contributed by atoms with van der Waals surface area (Å²) < 4.78 is 0. The van der Waals surface area contributed by atoms with E-state index in [9.17, 15) is 0 Å². The van der Waals surface area contributed by atoms with Crippen LogP contribution in [0.2, 0.25) is 0 Å². The molecule has 0 fully saturated rings. The fourth-order valence-electron chi connectivity index (χ4n) is 1.94. The SMILES string of the molecule is CCCCCCCCCCCCC=CCO. The maximum absolute atomic E-state index is 8.54. The topological polar surface area (TPSA) is 20.2 Å². The molecule has 0 saturated heterocycles. The average molecular weight is 226 g/mol. The highest BCUT2D eigenvalue weighted by atomic mass is 16.2. The fraction of sp³-hybridized carbons (Fsp3) is 0.867. The van der Waals surface area contributed by atoms with Crippen molar-refractivity contribution in [1.82, 2.24) is 0 Å². The molecule has 0 heterocycles. The van der Waals surface area contributed by atoms with E-state index < -0.39 is 0 Å². The Hall–Kier alpha value is -0.300. The van der Waals surface area contributed by atoms with Gasteiger partial charge in [0.15, 0.2) is 0 Å². The number of aliphatic hydroxyl groups is 1. The summed E-state index contributed by atoms with van der Waals surface area (Å²) in [6.45, 7) is 2.46. The molecule has 0 unspecified atom stereocenters. The first kappa shape index (κ1) is 15.7. The van der Waals surface area contributed by atoms with Gasteiger partial charge in [-0.2, -0.15) is 0 Å². The van der Waals surface area contributed by atoms with Crippen molar-refractivity contribution in [3.05, 3.63) is 12.2 Å². The highest BCUT2D eigenvalue weighted by Gasteiger charge is 1.91. The van der Waals surface area contributed by atoms with Gasteiger partial charge >= 0.3 is 0 Å². The van der Waals surface area contributed by atoms with E-state index in [0.29, 0.717) is 0 Å². The van der Waals surface area contributed by atoms with Crippen LogP contribution in [0.1, 0.15) is 77.6 Å². The van der Waals surface area contributed by atoms with Crippen molar-refractivity contribution in [2.24, 2.45) is 0 Å². The number of rotatable bonds is 12. The minimum atomic E-state index is 0.192. The average Bonchev–Trinajstić information content (AvgIpc) is 2.31. The molecule has 0 rings (SSSR count). The number of hydrogen-bond donors (Lipinski definition) is 1. The molecular formula is C15H30O. The lowest BCUT2D eigenvalue weighted by molar-refractivity contribution is 0.342. The van der Waals surface area contributed by atoms with E-state index in [1.54, 1.807) is 0 Å². The smallest absolute Gasteiger partial charge is 0.0612 e. The third kappa shape index (κ3) is 13.7. The second-order valence-corrected chi connectivity index (χ2v) is 4.62. The Bertz CT molecular complexity index is 140. The summed E-state index contributed by atoms with van der Waals surface area (Å²) in [5.74, 6) is 0. The summed E-state index contributed by atoms with van der Waals surface area (Å²) in [6.07, 6.45) is 19.0. The van der Waals surface area contributed by atoms with Crippen LogP contribution in [0, 0.1) is 0 Å². The first-order valence-electron chi connectivity index (χ1n) is 7.17. The lowest BCUT2D eigenvalue weighted by atomic mass is 10.1. The highest BCUT2D eigenvalue weighted by Crippen LogP contribution is 2.11. The molecule has 0 aromatic rings. The van der Waals surface area contributed by atoms with Gasteiger partial charge in [0.1, 0.15) is 0 Å². The molecule has 0 aliphatic rings. The van der Waals surface area contributed by atoms with E-state index in [0.717, 1.165) is 6.42 Å². The lowest BCUT2D eigenvalue weighted by Crippen LogP contribution is -1.81. The molecule has 1 N–H and O–H groups in total. The van der Waals surface area contributed by atoms with Crippen LogP contribution in [-0.4, -0.2) is 11.7 Å². The highest BCUT2D eigenvalue weighted by molar-refractivity contribution is 4.80. The predicted octanol–water partition coefficient (Wildman–Crippen LogP) is 4.85. The first-order valence-corrected chi connectivity index (χ1v) is 7.17. The van der Waals surface area contributed by atoms with Crippen molar-refractivity contribution in [3.8, 4) is 0 Å². The van der Waals surface area contributed by atoms with Gasteiger partial charge in [0, 0.05) is 0 Å². The molecule has 1 heteroatoms. The van der Waals surface area contributed by atoms with Crippen LogP contribution in [0.25, 0.3) is 0 Å². The minimum absolute atomic E-state index is 0.192. The summed E-state index contributed by atoms with van der Waals surface area (Å²) in [5.41, 5.74) is 0. The quantitative estimate of drug-likeness (QED) is 0.373. The third-order valence-corrected chi connectivity index (χ3v) is 3.00. The number of unbranched alkanes of at least 4 members (excludes halogenated alkanes) is 10. The Morgan fingerprint density at radius 2 is 1.19 bits per heavy atom. The standard InChI is InChI=1S/C15H30O/c1-2-3-4-5-6-7-8-9-10-11-12-13-14-15-16/h13-14,16H,2-12,15H2,1H3. The second-order valence-electron chi connectivity index (χ2n) is 4.62. The van der Waals surface area contributed by atoms with Crippen molar-refractivity contribution in [1.29, 1.82) is 0 Å². The molecule has 0 radical (unpaired) electrons. The summed E-state index contributed by atoms with van der Waals surface area (Å²) in [5, 5.41) is 8.54. The molecule has 16 heavy (non-hydrogen) atoms. The van der Waals surface area contributed by atoms with E-state index in [2.05, 4.69) is 13.0 Å². The Morgan fingerprint density at radius 1 is 0.688 bits per heavy atom. The molecule has 96 valence electrons. The van der Waals surface area contributed by atoms with Gasteiger partial charge in [-0.05, 0) is 12.8 Å². The van der Waals surface area contributed by atoms with Crippen molar-refractivity contribution in [2.75, 3.05) is 6.61 Å². The molecule has 0 aliphatic carbocycles. The summed E-state index contributed by atoms with van der Waals surface area (Å²) >= 11 is 0. The number of aliphatic hydroxyl groups excluding tert-OH is 1. The summed E-state index contributed by atoms with van der Waals surface area (Å²) in [7, 11) is 0. The van der Waals surface area contributed by atoms with Crippen LogP contribution in [0.3, 0.4) is 0 Å². The van der Waals surface area contributed by atoms with Crippen molar-refractivity contribution in [3.63, 3.8) is 0 Å². The predicted molar refractivity (Wildman–Crippen MR) is 72.7 cm³/mol. The van der Waals surface area contributed by atoms with Crippen LogP contribution in [0.4, 0.5) is 0 Å². The zero-order valence-electron chi connectivity index (χ0n) is 11.1. The summed E-state index contributed by atoms with van der Waals surface area (Å²) in [6, 6.07) is 0. The van der Waals surface area contributed by atoms with Gasteiger partial charge < -0.3 is 5.11 Å². The van der Waals surface area contributed by atoms with Gasteiger partial charge in [-0.1, -0.05) is 76.9 Å². The Morgan fingerprint density at radius 3 is 1.69 bits per heavy atom. The van der Waals surface area contributed by atoms with E-state index in [-0.39, 0.29) is 6.61 Å². The van der Waals surface area contributed by atoms with Gasteiger partial charge in [0.25, 0.3) is 0 Å². The molecule has 0 spiro atoms. The second kappa shape index (κ2) is 14.7. The molecule has 0 aliphatic heterocycles. The molecule has 0 atom stereocenters. The van der Waals surface area contributed by atoms with Gasteiger partial charge in [-0.15, -0.1) is 0 Å². The van der Waals surface area contributed by atoms with E-state index >= 15 is 0 Å². The van der Waals surface area contributed by atoms with Crippen LogP contribution in [0.5, 0.6) is 0 Å². The maximum atomic E-state index is 8.54.